The van der Waals surface area contributed by atoms with E-state index in [1.807, 2.05) is 24.3 Å². The summed E-state index contributed by atoms with van der Waals surface area (Å²) in [6, 6.07) is 12.2. The molecule has 114 valence electrons. The van der Waals surface area contributed by atoms with Crippen LogP contribution in [0.1, 0.15) is 41.3 Å². The SMILES string of the molecule is CC(C)c1ccc(C=NNC(=O)c2ccc(Cl)cc2O)cc1. The van der Waals surface area contributed by atoms with Crippen molar-refractivity contribution in [2.24, 2.45) is 5.10 Å². The minimum atomic E-state index is -0.496. The smallest absolute Gasteiger partial charge is 0.275 e. The van der Waals surface area contributed by atoms with Crippen molar-refractivity contribution in [3.63, 3.8) is 0 Å². The van der Waals surface area contributed by atoms with E-state index in [2.05, 4.69) is 24.4 Å². The van der Waals surface area contributed by atoms with Crippen LogP contribution in [0, 0.1) is 0 Å². The number of amides is 1. The predicted molar refractivity (Wildman–Crippen MR) is 88.7 cm³/mol. The molecule has 0 saturated carbocycles. The highest BCUT2D eigenvalue weighted by Crippen LogP contribution is 2.21. The van der Waals surface area contributed by atoms with Crippen LogP contribution in [0.25, 0.3) is 0 Å². The first-order chi connectivity index (χ1) is 10.5. The summed E-state index contributed by atoms with van der Waals surface area (Å²) in [6.45, 7) is 4.25. The van der Waals surface area contributed by atoms with Gasteiger partial charge < -0.3 is 5.11 Å². The van der Waals surface area contributed by atoms with Gasteiger partial charge in [-0.25, -0.2) is 5.43 Å². The van der Waals surface area contributed by atoms with Crippen LogP contribution in [-0.4, -0.2) is 17.2 Å². The predicted octanol–water partition coefficient (Wildman–Crippen LogP) is 3.93. The third-order valence-electron chi connectivity index (χ3n) is 3.19. The second kappa shape index (κ2) is 7.09. The summed E-state index contributed by atoms with van der Waals surface area (Å²) in [5.41, 5.74) is 4.62. The summed E-state index contributed by atoms with van der Waals surface area (Å²) >= 11 is 5.72. The average molecular weight is 317 g/mol. The molecule has 0 spiro atoms. The third-order valence-corrected chi connectivity index (χ3v) is 3.42. The van der Waals surface area contributed by atoms with E-state index in [0.29, 0.717) is 10.9 Å². The number of carbonyl (C=O) groups is 1. The molecule has 0 heterocycles. The van der Waals surface area contributed by atoms with Crippen molar-refractivity contribution in [2.75, 3.05) is 0 Å². The first-order valence-corrected chi connectivity index (χ1v) is 7.27. The summed E-state index contributed by atoms with van der Waals surface area (Å²) in [4.78, 5) is 11.9. The van der Waals surface area contributed by atoms with E-state index in [0.717, 1.165) is 5.56 Å². The zero-order chi connectivity index (χ0) is 16.1. The lowest BCUT2D eigenvalue weighted by atomic mass is 10.0. The molecule has 0 atom stereocenters. The Morgan fingerprint density at radius 3 is 2.50 bits per heavy atom. The fourth-order valence-electron chi connectivity index (χ4n) is 1.89. The largest absolute Gasteiger partial charge is 0.507 e. The van der Waals surface area contributed by atoms with Crippen LogP contribution in [0.2, 0.25) is 5.02 Å². The van der Waals surface area contributed by atoms with E-state index < -0.39 is 5.91 Å². The molecule has 0 bridgehead atoms. The summed E-state index contributed by atoms with van der Waals surface area (Å²) in [5.74, 6) is -0.204. The molecule has 0 radical (unpaired) electrons. The van der Waals surface area contributed by atoms with Gasteiger partial charge in [0.2, 0.25) is 0 Å². The summed E-state index contributed by atoms with van der Waals surface area (Å²) in [6.07, 6.45) is 1.55. The zero-order valence-corrected chi connectivity index (χ0v) is 13.1. The number of phenols is 1. The molecule has 1 amide bonds. The Hall–Kier alpha value is -2.33. The van der Waals surface area contributed by atoms with Crippen molar-refractivity contribution in [1.29, 1.82) is 0 Å². The second-order valence-corrected chi connectivity index (χ2v) is 5.62. The molecule has 0 aliphatic rings. The van der Waals surface area contributed by atoms with E-state index in [9.17, 15) is 9.90 Å². The van der Waals surface area contributed by atoms with Gasteiger partial charge in [-0.05, 0) is 35.2 Å². The maximum Gasteiger partial charge on any atom is 0.275 e. The fourth-order valence-corrected chi connectivity index (χ4v) is 2.06. The fraction of sp³-hybridized carbons (Fsp3) is 0.176. The van der Waals surface area contributed by atoms with Gasteiger partial charge in [-0.2, -0.15) is 5.10 Å². The molecule has 0 aliphatic heterocycles. The first kappa shape index (κ1) is 16.0. The van der Waals surface area contributed by atoms with Crippen LogP contribution in [0.15, 0.2) is 47.6 Å². The highest BCUT2D eigenvalue weighted by Gasteiger charge is 2.10. The Kier molecular flexibility index (Phi) is 5.17. The molecule has 2 rings (SSSR count). The van der Waals surface area contributed by atoms with E-state index in [-0.39, 0.29) is 11.3 Å². The van der Waals surface area contributed by atoms with Crippen LogP contribution in [-0.2, 0) is 0 Å². The van der Waals surface area contributed by atoms with E-state index >= 15 is 0 Å². The number of nitrogens with one attached hydrogen (secondary N) is 1. The Balaban J connectivity index is 2.01. The maximum atomic E-state index is 11.9. The van der Waals surface area contributed by atoms with Gasteiger partial charge in [0.15, 0.2) is 0 Å². The van der Waals surface area contributed by atoms with E-state index in [1.54, 1.807) is 6.21 Å². The number of hydrogen-bond acceptors (Lipinski definition) is 3. The molecule has 0 saturated heterocycles. The number of hydrogen-bond donors (Lipinski definition) is 2. The van der Waals surface area contributed by atoms with Crippen LogP contribution in [0.5, 0.6) is 5.75 Å². The monoisotopic (exact) mass is 316 g/mol. The van der Waals surface area contributed by atoms with Crippen LogP contribution in [0.4, 0.5) is 0 Å². The minimum Gasteiger partial charge on any atom is -0.507 e. The highest BCUT2D eigenvalue weighted by molar-refractivity contribution is 6.30. The second-order valence-electron chi connectivity index (χ2n) is 5.18. The summed E-state index contributed by atoms with van der Waals surface area (Å²) in [5, 5.41) is 13.9. The standard InChI is InChI=1S/C17H17ClN2O2/c1-11(2)13-5-3-12(4-6-13)10-19-20-17(22)15-8-7-14(18)9-16(15)21/h3-11,21H,1-2H3,(H,20,22). The van der Waals surface area contributed by atoms with Gasteiger partial charge in [0, 0.05) is 5.02 Å². The molecule has 0 aromatic heterocycles. The summed E-state index contributed by atoms with van der Waals surface area (Å²) in [7, 11) is 0. The lowest BCUT2D eigenvalue weighted by molar-refractivity contribution is 0.0952. The lowest BCUT2D eigenvalue weighted by Gasteiger charge is -2.05. The molecule has 2 aromatic rings. The number of phenolic OH excluding ortho intramolecular Hbond substituents is 1. The number of aromatic hydroxyl groups is 1. The molecule has 22 heavy (non-hydrogen) atoms. The summed E-state index contributed by atoms with van der Waals surface area (Å²) < 4.78 is 0. The van der Waals surface area contributed by atoms with Crippen LogP contribution >= 0.6 is 11.6 Å². The number of hydrazone groups is 1. The van der Waals surface area contributed by atoms with Crippen molar-refractivity contribution < 1.29 is 9.90 Å². The lowest BCUT2D eigenvalue weighted by Crippen LogP contribution is -2.17. The normalized spacial score (nSPS) is 11.1. The van der Waals surface area contributed by atoms with Crippen molar-refractivity contribution in [3.05, 3.63) is 64.2 Å². The Morgan fingerprint density at radius 2 is 1.91 bits per heavy atom. The van der Waals surface area contributed by atoms with E-state index in [4.69, 9.17) is 11.6 Å². The third kappa shape index (κ3) is 4.09. The molecule has 2 N–H and O–H groups in total. The molecule has 5 heteroatoms. The van der Waals surface area contributed by atoms with Gasteiger partial charge >= 0.3 is 0 Å². The maximum absolute atomic E-state index is 11.9. The number of benzene rings is 2. The molecule has 4 nitrogen and oxygen atoms in total. The van der Waals surface area contributed by atoms with Crippen molar-refractivity contribution in [1.82, 2.24) is 5.43 Å². The highest BCUT2D eigenvalue weighted by atomic mass is 35.5. The first-order valence-electron chi connectivity index (χ1n) is 6.89. The topological polar surface area (TPSA) is 61.7 Å². The average Bonchev–Trinajstić information content (AvgIpc) is 2.47. The Morgan fingerprint density at radius 1 is 1.23 bits per heavy atom. The van der Waals surface area contributed by atoms with Gasteiger partial charge in [-0.3, -0.25) is 4.79 Å². The van der Waals surface area contributed by atoms with Crippen molar-refractivity contribution >= 4 is 23.7 Å². The van der Waals surface area contributed by atoms with Gasteiger partial charge in [0.1, 0.15) is 5.75 Å². The molecule has 0 aliphatic carbocycles. The molecular formula is C17H17ClN2O2. The van der Waals surface area contributed by atoms with Crippen molar-refractivity contribution in [2.45, 2.75) is 19.8 Å². The number of carbonyl (C=O) groups excluding carboxylic acids is 1. The quantitative estimate of drug-likeness (QED) is 0.663. The van der Waals surface area contributed by atoms with Crippen LogP contribution < -0.4 is 5.43 Å². The molecule has 0 fully saturated rings. The van der Waals surface area contributed by atoms with Gasteiger partial charge in [0.25, 0.3) is 5.91 Å². The zero-order valence-electron chi connectivity index (χ0n) is 12.4. The minimum absolute atomic E-state index is 0.122. The van der Waals surface area contributed by atoms with Crippen molar-refractivity contribution in [3.8, 4) is 5.75 Å². The van der Waals surface area contributed by atoms with Gasteiger partial charge in [-0.15, -0.1) is 0 Å². The Bertz CT molecular complexity index is 694. The van der Waals surface area contributed by atoms with E-state index in [1.165, 1.54) is 23.8 Å². The Labute approximate surface area is 134 Å². The number of nitrogens with zero attached hydrogens (tertiary/aromatic N) is 1. The molecule has 0 unspecified atom stereocenters. The van der Waals surface area contributed by atoms with Gasteiger partial charge in [0.05, 0.1) is 11.8 Å². The molecule has 2 aromatic carbocycles. The van der Waals surface area contributed by atoms with Crippen LogP contribution in [0.3, 0.4) is 0 Å². The number of rotatable bonds is 4. The number of halogens is 1. The molecular weight excluding hydrogens is 300 g/mol. The van der Waals surface area contributed by atoms with Gasteiger partial charge in [-0.1, -0.05) is 49.7 Å².